The third-order valence-corrected chi connectivity index (χ3v) is 3.44. The molecule has 0 radical (unpaired) electrons. The molecule has 0 saturated heterocycles. The van der Waals surface area contributed by atoms with Gasteiger partial charge in [0.05, 0.1) is 5.03 Å². The molecule has 0 unspecified atom stereocenters. The Morgan fingerprint density at radius 2 is 2.00 bits per heavy atom. The normalized spacial score (nSPS) is 11.2. The van der Waals surface area contributed by atoms with Gasteiger partial charge in [-0.1, -0.05) is 17.7 Å². The highest BCUT2D eigenvalue weighted by Gasteiger charge is 2.05. The van der Waals surface area contributed by atoms with E-state index in [9.17, 15) is 4.79 Å². The van der Waals surface area contributed by atoms with Crippen LogP contribution in [0.4, 0.5) is 5.82 Å². The monoisotopic (exact) mass is 304 g/mol. The largest absolute Gasteiger partial charge is 0.335 e. The Bertz CT molecular complexity index is 612. The summed E-state index contributed by atoms with van der Waals surface area (Å²) in [6.07, 6.45) is 5.15. The minimum atomic E-state index is -0.0746. The zero-order valence-corrected chi connectivity index (χ0v) is 12.4. The second-order valence-corrected chi connectivity index (χ2v) is 5.21. The molecule has 3 nitrogen and oxygen atoms in total. The van der Waals surface area contributed by atoms with E-state index in [-0.39, 0.29) is 5.78 Å². The Labute approximate surface area is 127 Å². The zero-order chi connectivity index (χ0) is 14.4. The van der Waals surface area contributed by atoms with Crippen LogP contribution in [-0.2, 0) is 0 Å². The zero-order valence-electron chi connectivity index (χ0n) is 10.8. The first-order valence-electron chi connectivity index (χ1n) is 5.92. The molecule has 1 aromatic heterocycles. The number of nitrogens with zero attached hydrogens (tertiary/aromatic N) is 1. The van der Waals surface area contributed by atoms with Crippen LogP contribution in [0.15, 0.2) is 59.8 Å². The fourth-order valence-corrected chi connectivity index (χ4v) is 2.08. The van der Waals surface area contributed by atoms with Crippen molar-refractivity contribution in [1.29, 1.82) is 0 Å². The summed E-state index contributed by atoms with van der Waals surface area (Å²) in [7, 11) is 0. The van der Waals surface area contributed by atoms with E-state index >= 15 is 0 Å². The lowest BCUT2D eigenvalue weighted by Crippen LogP contribution is -2.02. The number of anilines is 1. The number of rotatable bonds is 5. The van der Waals surface area contributed by atoms with Crippen LogP contribution in [0.1, 0.15) is 10.4 Å². The van der Waals surface area contributed by atoms with E-state index in [2.05, 4.69) is 10.3 Å². The van der Waals surface area contributed by atoms with Gasteiger partial charge < -0.3 is 5.32 Å². The Morgan fingerprint density at radius 3 is 2.60 bits per heavy atom. The van der Waals surface area contributed by atoms with Crippen molar-refractivity contribution in [2.24, 2.45) is 0 Å². The highest BCUT2D eigenvalue weighted by atomic mass is 35.5. The second-order valence-electron chi connectivity index (χ2n) is 3.92. The number of carbonyl (C=O) groups excluding carboxylic acids is 1. The standard InChI is InChI=1S/C15H13ClN2OS/c1-20-15(18-14-4-2-3-9-17-14)10-13(19)11-5-7-12(16)8-6-11/h2-10H,1H3,(H,17,18)/b15-10-. The van der Waals surface area contributed by atoms with Crippen molar-refractivity contribution in [1.82, 2.24) is 4.98 Å². The SMILES string of the molecule is CS/C(=C\C(=O)c1ccc(Cl)cc1)Nc1ccccn1. The lowest BCUT2D eigenvalue weighted by atomic mass is 10.1. The van der Waals surface area contributed by atoms with Crippen LogP contribution >= 0.6 is 23.4 Å². The average molecular weight is 305 g/mol. The molecule has 1 heterocycles. The van der Waals surface area contributed by atoms with Crippen molar-refractivity contribution in [3.63, 3.8) is 0 Å². The number of hydrogen-bond acceptors (Lipinski definition) is 4. The van der Waals surface area contributed by atoms with E-state index in [4.69, 9.17) is 11.6 Å². The number of thioether (sulfide) groups is 1. The Hall–Kier alpha value is -1.78. The molecule has 5 heteroatoms. The maximum absolute atomic E-state index is 12.1. The summed E-state index contributed by atoms with van der Waals surface area (Å²) in [5.41, 5.74) is 0.601. The third kappa shape index (κ3) is 4.11. The topological polar surface area (TPSA) is 42.0 Å². The first kappa shape index (κ1) is 14.6. The van der Waals surface area contributed by atoms with Crippen LogP contribution in [0.2, 0.25) is 5.02 Å². The van der Waals surface area contributed by atoms with E-state index in [1.165, 1.54) is 11.8 Å². The molecule has 1 N–H and O–H groups in total. The van der Waals surface area contributed by atoms with Gasteiger partial charge in [-0.05, 0) is 42.7 Å². The number of benzene rings is 1. The summed E-state index contributed by atoms with van der Waals surface area (Å²) in [5.74, 6) is 0.631. The van der Waals surface area contributed by atoms with Gasteiger partial charge >= 0.3 is 0 Å². The van der Waals surface area contributed by atoms with Crippen molar-refractivity contribution < 1.29 is 4.79 Å². The number of hydrogen-bond donors (Lipinski definition) is 1. The fourth-order valence-electron chi connectivity index (χ4n) is 1.53. The van der Waals surface area contributed by atoms with Gasteiger partial charge in [-0.15, -0.1) is 11.8 Å². The second kappa shape index (κ2) is 7.12. The number of allylic oxidation sites excluding steroid dienone is 1. The van der Waals surface area contributed by atoms with E-state index in [1.54, 1.807) is 36.5 Å². The molecular weight excluding hydrogens is 292 g/mol. The van der Waals surface area contributed by atoms with Crippen molar-refractivity contribution in [3.05, 3.63) is 70.4 Å². The van der Waals surface area contributed by atoms with Crippen LogP contribution in [-0.4, -0.2) is 17.0 Å². The van der Waals surface area contributed by atoms with Gasteiger partial charge in [0.1, 0.15) is 5.82 Å². The molecule has 0 atom stereocenters. The molecule has 1 aromatic carbocycles. The molecule has 0 fully saturated rings. The van der Waals surface area contributed by atoms with Crippen LogP contribution in [0.25, 0.3) is 0 Å². The predicted molar refractivity (Wildman–Crippen MR) is 85.2 cm³/mol. The molecule has 0 bridgehead atoms. The van der Waals surface area contributed by atoms with Gasteiger partial charge in [-0.25, -0.2) is 4.98 Å². The minimum Gasteiger partial charge on any atom is -0.335 e. The molecule has 102 valence electrons. The van der Waals surface area contributed by atoms with Crippen molar-refractivity contribution >= 4 is 35.0 Å². The first-order valence-corrected chi connectivity index (χ1v) is 7.53. The molecule has 0 aliphatic heterocycles. The van der Waals surface area contributed by atoms with Gasteiger partial charge in [0.25, 0.3) is 0 Å². The lowest BCUT2D eigenvalue weighted by Gasteiger charge is -2.07. The molecule has 0 saturated carbocycles. The third-order valence-electron chi connectivity index (χ3n) is 2.53. The quantitative estimate of drug-likeness (QED) is 0.663. The molecule has 0 aliphatic carbocycles. The molecule has 2 rings (SSSR count). The molecule has 0 spiro atoms. The van der Waals surface area contributed by atoms with E-state index in [0.29, 0.717) is 16.4 Å². The Balaban J connectivity index is 2.14. The summed E-state index contributed by atoms with van der Waals surface area (Å²) in [6, 6.07) is 12.4. The summed E-state index contributed by atoms with van der Waals surface area (Å²) in [4.78, 5) is 16.3. The number of nitrogens with one attached hydrogen (secondary N) is 1. The van der Waals surface area contributed by atoms with Crippen LogP contribution in [0, 0.1) is 0 Å². The Morgan fingerprint density at radius 1 is 1.25 bits per heavy atom. The summed E-state index contributed by atoms with van der Waals surface area (Å²) < 4.78 is 0. The molecule has 2 aromatic rings. The summed E-state index contributed by atoms with van der Waals surface area (Å²) in [6.45, 7) is 0. The van der Waals surface area contributed by atoms with Gasteiger partial charge in [0, 0.05) is 22.9 Å². The van der Waals surface area contributed by atoms with Gasteiger partial charge in [-0.2, -0.15) is 0 Å². The molecule has 20 heavy (non-hydrogen) atoms. The van der Waals surface area contributed by atoms with Crippen LogP contribution in [0.5, 0.6) is 0 Å². The number of ketones is 1. The lowest BCUT2D eigenvalue weighted by molar-refractivity contribution is 0.104. The molecule has 0 amide bonds. The van der Waals surface area contributed by atoms with Crippen molar-refractivity contribution in [2.45, 2.75) is 0 Å². The average Bonchev–Trinajstić information content (AvgIpc) is 2.48. The number of halogens is 1. The van der Waals surface area contributed by atoms with E-state index in [1.807, 2.05) is 24.5 Å². The number of carbonyl (C=O) groups is 1. The summed E-state index contributed by atoms with van der Waals surface area (Å²) in [5, 5.41) is 4.46. The predicted octanol–water partition coefficient (Wildman–Crippen LogP) is 4.23. The van der Waals surface area contributed by atoms with Crippen LogP contribution in [0.3, 0.4) is 0 Å². The summed E-state index contributed by atoms with van der Waals surface area (Å²) >= 11 is 7.26. The fraction of sp³-hybridized carbons (Fsp3) is 0.0667. The van der Waals surface area contributed by atoms with E-state index in [0.717, 1.165) is 5.03 Å². The number of aromatic nitrogens is 1. The van der Waals surface area contributed by atoms with Gasteiger partial charge in [0.15, 0.2) is 5.78 Å². The highest BCUT2D eigenvalue weighted by molar-refractivity contribution is 8.02. The van der Waals surface area contributed by atoms with E-state index < -0.39 is 0 Å². The molecule has 0 aliphatic rings. The van der Waals surface area contributed by atoms with Crippen LogP contribution < -0.4 is 5.32 Å². The van der Waals surface area contributed by atoms with Gasteiger partial charge in [0.2, 0.25) is 0 Å². The smallest absolute Gasteiger partial charge is 0.188 e. The number of pyridine rings is 1. The van der Waals surface area contributed by atoms with Crippen molar-refractivity contribution in [3.8, 4) is 0 Å². The minimum absolute atomic E-state index is 0.0746. The van der Waals surface area contributed by atoms with Gasteiger partial charge in [-0.3, -0.25) is 4.79 Å². The molecular formula is C15H13ClN2OS. The highest BCUT2D eigenvalue weighted by Crippen LogP contribution is 2.17. The maximum Gasteiger partial charge on any atom is 0.188 e. The Kier molecular flexibility index (Phi) is 5.21. The van der Waals surface area contributed by atoms with Crippen molar-refractivity contribution in [2.75, 3.05) is 11.6 Å². The first-order chi connectivity index (χ1) is 9.69. The maximum atomic E-state index is 12.1.